The first-order chi connectivity index (χ1) is 13.6. The van der Waals surface area contributed by atoms with E-state index >= 15 is 0 Å². The van der Waals surface area contributed by atoms with Gasteiger partial charge in [-0.05, 0) is 54.3 Å². The molecule has 0 spiro atoms. The van der Waals surface area contributed by atoms with Crippen LogP contribution in [0.1, 0.15) is 21.6 Å². The summed E-state index contributed by atoms with van der Waals surface area (Å²) in [5, 5.41) is 0.923. The predicted octanol–water partition coefficient (Wildman–Crippen LogP) is 4.08. The molecule has 0 saturated heterocycles. The quantitative estimate of drug-likeness (QED) is 0.589. The number of rotatable bonds is 4. The lowest BCUT2D eigenvalue weighted by molar-refractivity contribution is 0.0980. The van der Waals surface area contributed by atoms with Gasteiger partial charge in [0.15, 0.2) is 0 Å². The minimum Gasteiger partial charge on any atom is -0.322 e. The third-order valence-corrected chi connectivity index (χ3v) is 4.60. The summed E-state index contributed by atoms with van der Waals surface area (Å²) in [7, 11) is 0. The summed E-state index contributed by atoms with van der Waals surface area (Å²) in [6, 6.07) is 22.3. The van der Waals surface area contributed by atoms with Crippen LogP contribution in [0.15, 0.2) is 83.8 Å². The number of benzene rings is 2. The van der Waals surface area contributed by atoms with Crippen LogP contribution in [0.5, 0.6) is 0 Å². The second-order valence-electron chi connectivity index (χ2n) is 6.66. The molecule has 138 valence electrons. The number of para-hydroxylation sites is 1. The van der Waals surface area contributed by atoms with Crippen molar-refractivity contribution in [3.8, 4) is 0 Å². The van der Waals surface area contributed by atoms with Crippen molar-refractivity contribution in [3.63, 3.8) is 0 Å². The summed E-state index contributed by atoms with van der Waals surface area (Å²) in [5.41, 5.74) is 3.18. The van der Waals surface area contributed by atoms with Crippen LogP contribution in [-0.4, -0.2) is 15.9 Å². The van der Waals surface area contributed by atoms with E-state index in [1.165, 1.54) is 0 Å². The fourth-order valence-electron chi connectivity index (χ4n) is 3.18. The van der Waals surface area contributed by atoms with E-state index in [1.807, 2.05) is 61.5 Å². The van der Waals surface area contributed by atoms with Crippen LogP contribution in [0.4, 0.5) is 5.69 Å². The third-order valence-electron chi connectivity index (χ3n) is 4.60. The van der Waals surface area contributed by atoms with E-state index in [1.54, 1.807) is 29.3 Å². The highest BCUT2D eigenvalue weighted by atomic mass is 16.2. The van der Waals surface area contributed by atoms with E-state index in [0.717, 1.165) is 22.2 Å². The molecule has 5 nitrogen and oxygen atoms in total. The first-order valence-corrected chi connectivity index (χ1v) is 9.02. The van der Waals surface area contributed by atoms with E-state index in [4.69, 9.17) is 0 Å². The van der Waals surface area contributed by atoms with Gasteiger partial charge in [0, 0.05) is 23.0 Å². The molecule has 28 heavy (non-hydrogen) atoms. The number of H-pyrrole nitrogens is 1. The summed E-state index contributed by atoms with van der Waals surface area (Å²) in [4.78, 5) is 34.5. The van der Waals surface area contributed by atoms with Crippen molar-refractivity contribution in [2.45, 2.75) is 13.5 Å². The Balaban J connectivity index is 1.79. The number of aryl methyl sites for hydroxylation is 1. The maximum atomic E-state index is 13.2. The van der Waals surface area contributed by atoms with Gasteiger partial charge >= 0.3 is 0 Å². The maximum Gasteiger partial charge on any atom is 0.277 e. The van der Waals surface area contributed by atoms with Crippen LogP contribution in [-0.2, 0) is 6.54 Å². The number of carbonyl (C=O) groups is 1. The number of carbonyl (C=O) groups excluding carboxylic acids is 1. The highest BCUT2D eigenvalue weighted by molar-refractivity contribution is 6.04. The Hall–Kier alpha value is -3.73. The fraction of sp³-hybridized carbons (Fsp3) is 0.0870. The zero-order valence-corrected chi connectivity index (χ0v) is 15.4. The molecule has 0 aliphatic rings. The minimum atomic E-state index is -0.251. The molecule has 0 radical (unpaired) electrons. The molecule has 0 aliphatic carbocycles. The average Bonchev–Trinajstić information content (AvgIpc) is 2.72. The fourth-order valence-corrected chi connectivity index (χ4v) is 3.18. The van der Waals surface area contributed by atoms with Crippen molar-refractivity contribution in [3.05, 3.63) is 106 Å². The molecule has 5 heteroatoms. The largest absolute Gasteiger partial charge is 0.322 e. The van der Waals surface area contributed by atoms with Gasteiger partial charge in [-0.1, -0.05) is 36.4 Å². The first kappa shape index (κ1) is 17.7. The topological polar surface area (TPSA) is 66.1 Å². The Bertz CT molecular complexity index is 1200. The molecule has 0 bridgehead atoms. The van der Waals surface area contributed by atoms with E-state index in [9.17, 15) is 9.59 Å². The van der Waals surface area contributed by atoms with Crippen molar-refractivity contribution in [2.24, 2.45) is 0 Å². The van der Waals surface area contributed by atoms with Crippen LogP contribution >= 0.6 is 0 Å². The number of hydrogen-bond acceptors (Lipinski definition) is 3. The van der Waals surface area contributed by atoms with E-state index in [-0.39, 0.29) is 18.0 Å². The molecule has 0 aliphatic heterocycles. The lowest BCUT2D eigenvalue weighted by Gasteiger charge is -2.23. The molecule has 0 fully saturated rings. The Kier molecular flexibility index (Phi) is 4.72. The lowest BCUT2D eigenvalue weighted by Crippen LogP contribution is -2.33. The predicted molar refractivity (Wildman–Crippen MR) is 110 cm³/mol. The zero-order chi connectivity index (χ0) is 19.5. The molecule has 1 amide bonds. The van der Waals surface area contributed by atoms with Crippen LogP contribution in [0, 0.1) is 6.92 Å². The molecule has 4 rings (SSSR count). The molecular weight excluding hydrogens is 350 g/mol. The average molecular weight is 369 g/mol. The number of fused-ring (bicyclic) bond motifs is 1. The van der Waals surface area contributed by atoms with Gasteiger partial charge in [0.25, 0.3) is 11.5 Å². The molecular formula is C23H19N3O2. The second kappa shape index (κ2) is 7.48. The summed E-state index contributed by atoms with van der Waals surface area (Å²) >= 11 is 0. The SMILES string of the molecule is Cc1cccc(N(Cc2cc3ccccc3[nH]c2=O)C(=O)c2ccccn2)c1. The monoisotopic (exact) mass is 369 g/mol. The van der Waals surface area contributed by atoms with Gasteiger partial charge in [0.1, 0.15) is 5.69 Å². The normalized spacial score (nSPS) is 10.8. The van der Waals surface area contributed by atoms with Gasteiger partial charge in [-0.2, -0.15) is 0 Å². The van der Waals surface area contributed by atoms with Crippen LogP contribution in [0.2, 0.25) is 0 Å². The van der Waals surface area contributed by atoms with Gasteiger partial charge in [0.2, 0.25) is 0 Å². The summed E-state index contributed by atoms with van der Waals surface area (Å²) < 4.78 is 0. The van der Waals surface area contributed by atoms with E-state index in [2.05, 4.69) is 9.97 Å². The van der Waals surface area contributed by atoms with Gasteiger partial charge in [-0.25, -0.2) is 0 Å². The van der Waals surface area contributed by atoms with Gasteiger partial charge in [-0.15, -0.1) is 0 Å². The summed E-state index contributed by atoms with van der Waals surface area (Å²) in [6.07, 6.45) is 1.59. The second-order valence-corrected chi connectivity index (χ2v) is 6.66. The van der Waals surface area contributed by atoms with Crippen molar-refractivity contribution < 1.29 is 4.79 Å². The Morgan fingerprint density at radius 1 is 1.00 bits per heavy atom. The Labute approximate surface area is 162 Å². The molecule has 0 saturated carbocycles. The number of pyridine rings is 2. The van der Waals surface area contributed by atoms with Gasteiger partial charge < -0.3 is 9.88 Å². The molecule has 0 unspecified atom stereocenters. The smallest absolute Gasteiger partial charge is 0.277 e. The lowest BCUT2D eigenvalue weighted by atomic mass is 10.1. The van der Waals surface area contributed by atoms with Crippen molar-refractivity contribution >= 4 is 22.5 Å². The molecule has 2 aromatic carbocycles. The summed E-state index contributed by atoms with van der Waals surface area (Å²) in [5.74, 6) is -0.251. The highest BCUT2D eigenvalue weighted by Gasteiger charge is 2.20. The van der Waals surface area contributed by atoms with Crippen molar-refractivity contribution in [2.75, 3.05) is 4.90 Å². The number of hydrogen-bond donors (Lipinski definition) is 1. The number of anilines is 1. The van der Waals surface area contributed by atoms with E-state index < -0.39 is 0 Å². The van der Waals surface area contributed by atoms with Crippen LogP contribution in [0.3, 0.4) is 0 Å². The maximum absolute atomic E-state index is 13.2. The number of aromatic amines is 1. The zero-order valence-electron chi connectivity index (χ0n) is 15.4. The first-order valence-electron chi connectivity index (χ1n) is 9.02. The molecule has 2 aromatic heterocycles. The molecule has 2 heterocycles. The van der Waals surface area contributed by atoms with Crippen LogP contribution < -0.4 is 10.5 Å². The third kappa shape index (κ3) is 3.55. The number of amides is 1. The van der Waals surface area contributed by atoms with Gasteiger partial charge in [-0.3, -0.25) is 14.6 Å². The number of nitrogens with one attached hydrogen (secondary N) is 1. The highest BCUT2D eigenvalue weighted by Crippen LogP contribution is 2.21. The van der Waals surface area contributed by atoms with Crippen molar-refractivity contribution in [1.29, 1.82) is 0 Å². The molecule has 1 N–H and O–H groups in total. The standard InChI is InChI=1S/C23H19N3O2/c1-16-7-6-9-19(13-16)26(23(28)21-11-4-5-12-24-21)15-18-14-17-8-2-3-10-20(17)25-22(18)27/h2-14H,15H2,1H3,(H,25,27). The minimum absolute atomic E-state index is 0.152. The van der Waals surface area contributed by atoms with Gasteiger partial charge in [0.05, 0.1) is 6.54 Å². The molecule has 4 aromatic rings. The Morgan fingerprint density at radius 2 is 1.82 bits per heavy atom. The molecule has 0 atom stereocenters. The van der Waals surface area contributed by atoms with E-state index in [0.29, 0.717) is 11.3 Å². The van der Waals surface area contributed by atoms with Crippen molar-refractivity contribution in [1.82, 2.24) is 9.97 Å². The number of aromatic nitrogens is 2. The summed E-state index contributed by atoms with van der Waals surface area (Å²) in [6.45, 7) is 2.12. The Morgan fingerprint density at radius 3 is 2.61 bits per heavy atom. The van der Waals surface area contributed by atoms with Crippen LogP contribution in [0.25, 0.3) is 10.9 Å². The number of nitrogens with zero attached hydrogens (tertiary/aromatic N) is 2.